The van der Waals surface area contributed by atoms with Crippen LogP contribution in [-0.2, 0) is 22.1 Å². The van der Waals surface area contributed by atoms with Crippen molar-refractivity contribution < 1.29 is 8.42 Å². The van der Waals surface area contributed by atoms with Gasteiger partial charge in [0.1, 0.15) is 0 Å². The Morgan fingerprint density at radius 1 is 1.33 bits per heavy atom. The van der Waals surface area contributed by atoms with Crippen LogP contribution >= 0.6 is 10.7 Å². The number of nitrogens with zero attached hydrogens (tertiary/aromatic N) is 3. The van der Waals surface area contributed by atoms with Crippen LogP contribution in [0.25, 0.3) is 0 Å². The van der Waals surface area contributed by atoms with Crippen molar-refractivity contribution in [1.29, 1.82) is 0 Å². The molecule has 2 heterocycles. The van der Waals surface area contributed by atoms with Gasteiger partial charge in [-0.15, -0.1) is 0 Å². The smallest absolute Gasteiger partial charge is 0.328 e. The SMILES string of the molecule is CCCn1cncc1Cn1cc(S(=O)(=O)Cl)c(=O)[nH]c1=O. The fourth-order valence-electron chi connectivity index (χ4n) is 1.88. The third-order valence-corrected chi connectivity index (χ3v) is 4.15. The van der Waals surface area contributed by atoms with Crippen LogP contribution in [0.1, 0.15) is 19.0 Å². The molecule has 2 aromatic rings. The molecule has 114 valence electrons. The van der Waals surface area contributed by atoms with Gasteiger partial charge >= 0.3 is 5.69 Å². The van der Waals surface area contributed by atoms with Crippen LogP contribution < -0.4 is 11.2 Å². The lowest BCUT2D eigenvalue weighted by molar-refractivity contribution is 0.592. The van der Waals surface area contributed by atoms with Gasteiger partial charge in [0.15, 0.2) is 4.90 Å². The number of hydrogen-bond donors (Lipinski definition) is 1. The Balaban J connectivity index is 2.48. The lowest BCUT2D eigenvalue weighted by Gasteiger charge is -2.09. The van der Waals surface area contributed by atoms with E-state index in [2.05, 4.69) is 4.98 Å². The molecule has 0 aliphatic carbocycles. The van der Waals surface area contributed by atoms with Gasteiger partial charge in [0.25, 0.3) is 14.6 Å². The fraction of sp³-hybridized carbons (Fsp3) is 0.364. The zero-order valence-electron chi connectivity index (χ0n) is 11.1. The molecule has 0 unspecified atom stereocenters. The normalized spacial score (nSPS) is 11.7. The van der Waals surface area contributed by atoms with E-state index in [9.17, 15) is 18.0 Å². The molecular weight excluding hydrogens is 320 g/mol. The molecule has 0 atom stereocenters. The molecular formula is C11H13ClN4O4S. The van der Waals surface area contributed by atoms with Crippen LogP contribution in [0.5, 0.6) is 0 Å². The lowest BCUT2D eigenvalue weighted by atomic mass is 10.4. The molecule has 0 saturated carbocycles. The van der Waals surface area contributed by atoms with Crippen molar-refractivity contribution in [3.63, 3.8) is 0 Å². The number of aromatic amines is 1. The summed E-state index contributed by atoms with van der Waals surface area (Å²) in [7, 11) is 0.945. The van der Waals surface area contributed by atoms with E-state index in [4.69, 9.17) is 10.7 Å². The Kier molecular flexibility index (Phi) is 4.33. The second-order valence-electron chi connectivity index (χ2n) is 4.40. The van der Waals surface area contributed by atoms with Gasteiger partial charge in [-0.1, -0.05) is 6.92 Å². The maximum absolute atomic E-state index is 11.8. The van der Waals surface area contributed by atoms with Gasteiger partial charge in [-0.05, 0) is 6.42 Å². The molecule has 0 radical (unpaired) electrons. The van der Waals surface area contributed by atoms with E-state index in [0.29, 0.717) is 12.2 Å². The second kappa shape index (κ2) is 5.86. The van der Waals surface area contributed by atoms with Gasteiger partial charge in [-0.25, -0.2) is 18.2 Å². The number of nitrogens with one attached hydrogen (secondary N) is 1. The van der Waals surface area contributed by atoms with Crippen molar-refractivity contribution in [2.75, 3.05) is 0 Å². The predicted octanol–water partition coefficient (Wildman–Crippen LogP) is 0.119. The van der Waals surface area contributed by atoms with E-state index in [0.717, 1.165) is 17.2 Å². The molecule has 0 spiro atoms. The fourth-order valence-corrected chi connectivity index (χ4v) is 2.73. The first-order valence-electron chi connectivity index (χ1n) is 6.10. The van der Waals surface area contributed by atoms with E-state index in [-0.39, 0.29) is 6.54 Å². The van der Waals surface area contributed by atoms with E-state index < -0.39 is 25.2 Å². The highest BCUT2D eigenvalue weighted by molar-refractivity contribution is 8.13. The van der Waals surface area contributed by atoms with Gasteiger partial charge in [0, 0.05) is 29.6 Å². The zero-order chi connectivity index (χ0) is 15.6. The van der Waals surface area contributed by atoms with Gasteiger partial charge in [0.2, 0.25) is 0 Å². The van der Waals surface area contributed by atoms with Gasteiger partial charge in [-0.2, -0.15) is 0 Å². The Hall–Kier alpha value is -1.87. The monoisotopic (exact) mass is 332 g/mol. The number of imidazole rings is 1. The average Bonchev–Trinajstić information content (AvgIpc) is 2.79. The number of aryl methyl sites for hydroxylation is 1. The Morgan fingerprint density at radius 3 is 2.67 bits per heavy atom. The van der Waals surface area contributed by atoms with Crippen molar-refractivity contribution >= 4 is 19.7 Å². The number of aromatic nitrogens is 4. The molecule has 0 aliphatic heterocycles. The van der Waals surface area contributed by atoms with Crippen LogP contribution in [0.15, 0.2) is 33.2 Å². The van der Waals surface area contributed by atoms with Crippen molar-refractivity contribution in [3.8, 4) is 0 Å². The predicted molar refractivity (Wildman–Crippen MR) is 76.0 cm³/mol. The van der Waals surface area contributed by atoms with Gasteiger partial charge < -0.3 is 4.57 Å². The quantitative estimate of drug-likeness (QED) is 0.782. The lowest BCUT2D eigenvalue weighted by Crippen LogP contribution is -2.32. The molecule has 0 amide bonds. The average molecular weight is 333 g/mol. The number of rotatable bonds is 5. The van der Waals surface area contributed by atoms with Crippen LogP contribution in [0, 0.1) is 0 Å². The summed E-state index contributed by atoms with van der Waals surface area (Å²) in [5, 5.41) is 0. The van der Waals surface area contributed by atoms with E-state index in [1.54, 1.807) is 12.5 Å². The zero-order valence-corrected chi connectivity index (χ0v) is 12.7. The minimum Gasteiger partial charge on any atom is -0.333 e. The Labute approximate surface area is 124 Å². The maximum atomic E-state index is 11.8. The van der Waals surface area contributed by atoms with E-state index in [1.807, 2.05) is 16.5 Å². The summed E-state index contributed by atoms with van der Waals surface area (Å²) in [4.78, 5) is 28.5. The summed E-state index contributed by atoms with van der Waals surface area (Å²) in [6, 6.07) is 0. The summed E-state index contributed by atoms with van der Waals surface area (Å²) in [6.07, 6.45) is 5.01. The Bertz CT molecular complexity index is 865. The van der Waals surface area contributed by atoms with Crippen molar-refractivity contribution in [2.45, 2.75) is 31.3 Å². The first-order chi connectivity index (χ1) is 9.82. The minimum absolute atomic E-state index is 0.0784. The highest BCUT2D eigenvalue weighted by atomic mass is 35.7. The minimum atomic E-state index is -4.23. The summed E-state index contributed by atoms with van der Waals surface area (Å²) < 4.78 is 25.5. The molecule has 10 heteroatoms. The van der Waals surface area contributed by atoms with Crippen LogP contribution in [0.2, 0.25) is 0 Å². The highest BCUT2D eigenvalue weighted by Gasteiger charge is 2.17. The standard InChI is InChI=1S/C11H13ClN4O4S/c1-2-3-15-7-13-4-8(15)5-16-6-9(21(12,19)20)10(17)14-11(16)18/h4,6-7H,2-3,5H2,1H3,(H,14,17,18). The molecule has 2 aromatic heterocycles. The molecule has 0 saturated heterocycles. The Morgan fingerprint density at radius 2 is 2.05 bits per heavy atom. The molecule has 0 aromatic carbocycles. The van der Waals surface area contributed by atoms with Gasteiger partial charge in [0.05, 0.1) is 18.6 Å². The summed E-state index contributed by atoms with van der Waals surface area (Å²) in [5.74, 6) is 0. The van der Waals surface area contributed by atoms with Crippen LogP contribution in [0.4, 0.5) is 0 Å². The molecule has 0 bridgehead atoms. The third-order valence-electron chi connectivity index (χ3n) is 2.84. The van der Waals surface area contributed by atoms with Crippen molar-refractivity contribution in [1.82, 2.24) is 19.1 Å². The van der Waals surface area contributed by atoms with Crippen LogP contribution in [-0.4, -0.2) is 27.5 Å². The van der Waals surface area contributed by atoms with Crippen LogP contribution in [0.3, 0.4) is 0 Å². The largest absolute Gasteiger partial charge is 0.333 e. The molecule has 8 nitrogen and oxygen atoms in total. The molecule has 21 heavy (non-hydrogen) atoms. The number of hydrogen-bond acceptors (Lipinski definition) is 5. The van der Waals surface area contributed by atoms with E-state index >= 15 is 0 Å². The summed E-state index contributed by atoms with van der Waals surface area (Å²) >= 11 is 0. The van der Waals surface area contributed by atoms with Crippen molar-refractivity contribution in [2.24, 2.45) is 0 Å². The molecule has 2 rings (SSSR count). The first-order valence-corrected chi connectivity index (χ1v) is 8.41. The first kappa shape index (κ1) is 15.5. The molecule has 0 fully saturated rings. The van der Waals surface area contributed by atoms with E-state index in [1.165, 1.54) is 0 Å². The molecule has 0 aliphatic rings. The second-order valence-corrected chi connectivity index (χ2v) is 6.93. The maximum Gasteiger partial charge on any atom is 0.328 e. The number of H-pyrrole nitrogens is 1. The molecule has 1 N–H and O–H groups in total. The topological polar surface area (TPSA) is 107 Å². The van der Waals surface area contributed by atoms with Gasteiger partial charge in [-0.3, -0.25) is 14.3 Å². The third kappa shape index (κ3) is 3.42. The van der Waals surface area contributed by atoms with Crippen molar-refractivity contribution in [3.05, 3.63) is 45.3 Å². The number of halogens is 1. The summed E-state index contributed by atoms with van der Waals surface area (Å²) in [6.45, 7) is 2.79. The highest BCUT2D eigenvalue weighted by Crippen LogP contribution is 2.09. The summed E-state index contributed by atoms with van der Waals surface area (Å²) in [5.41, 5.74) is -1.04.